The van der Waals surface area contributed by atoms with Crippen molar-refractivity contribution in [2.75, 3.05) is 18.6 Å². The zero-order valence-electron chi connectivity index (χ0n) is 20.9. The van der Waals surface area contributed by atoms with Crippen LogP contribution in [-0.2, 0) is 16.2 Å². The predicted octanol–water partition coefficient (Wildman–Crippen LogP) is 6.80. The number of ether oxygens (including phenoxy) is 3. The number of carbonyl (C=O) groups excluding carboxylic acids is 3. The van der Waals surface area contributed by atoms with Gasteiger partial charge in [-0.3, -0.25) is 14.9 Å². The van der Waals surface area contributed by atoms with E-state index in [1.54, 1.807) is 54.6 Å². The Bertz CT molecular complexity index is 1460. The van der Waals surface area contributed by atoms with Gasteiger partial charge in [0.1, 0.15) is 17.9 Å². The zero-order chi connectivity index (χ0) is 28.1. The number of methoxy groups -OCH3 is 1. The van der Waals surface area contributed by atoms with E-state index >= 15 is 0 Å². The summed E-state index contributed by atoms with van der Waals surface area (Å²) in [4.78, 5) is 39.4. The van der Waals surface area contributed by atoms with Crippen LogP contribution >= 0.6 is 39.1 Å². The van der Waals surface area contributed by atoms with Gasteiger partial charge >= 0.3 is 6.03 Å². The van der Waals surface area contributed by atoms with Crippen molar-refractivity contribution in [2.45, 2.75) is 20.0 Å². The highest BCUT2D eigenvalue weighted by molar-refractivity contribution is 9.10. The summed E-state index contributed by atoms with van der Waals surface area (Å²) in [6.45, 7) is 2.67. The van der Waals surface area contributed by atoms with E-state index < -0.39 is 17.8 Å². The highest BCUT2D eigenvalue weighted by Crippen LogP contribution is 2.37. The van der Waals surface area contributed by atoms with Gasteiger partial charge in [-0.05, 0) is 82.5 Å². The van der Waals surface area contributed by atoms with Crippen molar-refractivity contribution in [1.82, 2.24) is 5.32 Å². The summed E-state index contributed by atoms with van der Waals surface area (Å²) >= 11 is 15.6. The summed E-state index contributed by atoms with van der Waals surface area (Å²) in [6, 6.07) is 13.9. The van der Waals surface area contributed by atoms with Gasteiger partial charge in [-0.25, -0.2) is 9.69 Å². The molecule has 0 radical (unpaired) electrons. The number of barbiturate groups is 1. The molecule has 1 aliphatic heterocycles. The number of anilines is 1. The van der Waals surface area contributed by atoms with Gasteiger partial charge in [0.15, 0.2) is 11.5 Å². The van der Waals surface area contributed by atoms with E-state index in [1.807, 2.05) is 6.92 Å². The van der Waals surface area contributed by atoms with Crippen LogP contribution in [0.5, 0.6) is 17.2 Å². The van der Waals surface area contributed by atoms with Crippen LogP contribution in [0.2, 0.25) is 10.0 Å². The van der Waals surface area contributed by atoms with Crippen LogP contribution in [-0.4, -0.2) is 31.6 Å². The Morgan fingerprint density at radius 1 is 1.00 bits per heavy atom. The second kappa shape index (κ2) is 12.5. The second-order valence-corrected chi connectivity index (χ2v) is 10.1. The Balaban J connectivity index is 1.55. The largest absolute Gasteiger partial charge is 0.493 e. The Labute approximate surface area is 243 Å². The number of halogens is 3. The Hall–Kier alpha value is -3.53. The number of amides is 4. The SMILES string of the molecule is CCCOc1c(Br)cc(/C=C2\C(=O)NC(=O)N(c3ccc(OCc4ccc(Cl)cc4Cl)cc3)C2=O)cc1OC. The summed E-state index contributed by atoms with van der Waals surface area (Å²) in [7, 11) is 1.49. The molecule has 1 heterocycles. The van der Waals surface area contributed by atoms with E-state index in [2.05, 4.69) is 21.2 Å². The standard InChI is InChI=1S/C28H23BrCl2N2O6/c1-3-10-38-25-22(29)12-16(13-24(25)37-2)11-21-26(34)32-28(36)33(27(21)35)19-6-8-20(9-7-19)39-15-17-4-5-18(30)14-23(17)31/h4-9,11-14H,3,10,15H2,1-2H3,(H,32,34,36)/b21-11+. The number of hydrogen-bond donors (Lipinski definition) is 1. The predicted molar refractivity (Wildman–Crippen MR) is 153 cm³/mol. The smallest absolute Gasteiger partial charge is 0.335 e. The van der Waals surface area contributed by atoms with Gasteiger partial charge in [0.05, 0.1) is 23.9 Å². The van der Waals surface area contributed by atoms with Crippen LogP contribution in [0, 0.1) is 0 Å². The molecule has 0 atom stereocenters. The van der Waals surface area contributed by atoms with E-state index in [4.69, 9.17) is 37.4 Å². The normalized spacial score (nSPS) is 14.4. The van der Waals surface area contributed by atoms with Gasteiger partial charge in [-0.2, -0.15) is 0 Å². The number of urea groups is 1. The van der Waals surface area contributed by atoms with Crippen LogP contribution < -0.4 is 24.4 Å². The van der Waals surface area contributed by atoms with Gasteiger partial charge in [-0.1, -0.05) is 36.2 Å². The molecule has 1 aliphatic rings. The number of imide groups is 2. The van der Waals surface area contributed by atoms with Crippen LogP contribution in [0.15, 0.2) is 64.6 Å². The molecule has 3 aromatic rings. The minimum atomic E-state index is -0.856. The number of benzene rings is 3. The molecule has 11 heteroatoms. The zero-order valence-corrected chi connectivity index (χ0v) is 24.0. The molecule has 3 aromatic carbocycles. The van der Waals surface area contributed by atoms with Gasteiger partial charge < -0.3 is 14.2 Å². The fourth-order valence-electron chi connectivity index (χ4n) is 3.72. The van der Waals surface area contributed by atoms with Gasteiger partial charge in [0.25, 0.3) is 11.8 Å². The molecule has 0 unspecified atom stereocenters. The van der Waals surface area contributed by atoms with Gasteiger partial charge in [0, 0.05) is 15.6 Å². The molecular formula is C28H23BrCl2N2O6. The molecule has 0 aliphatic carbocycles. The van der Waals surface area contributed by atoms with Crippen molar-refractivity contribution in [1.29, 1.82) is 0 Å². The molecule has 8 nitrogen and oxygen atoms in total. The van der Waals surface area contributed by atoms with Crippen molar-refractivity contribution in [2.24, 2.45) is 0 Å². The summed E-state index contributed by atoms with van der Waals surface area (Å²) in [5.41, 5.74) is 1.29. The van der Waals surface area contributed by atoms with Crippen molar-refractivity contribution in [3.63, 3.8) is 0 Å². The number of nitrogens with one attached hydrogen (secondary N) is 1. The van der Waals surface area contributed by atoms with Crippen molar-refractivity contribution < 1.29 is 28.6 Å². The maximum Gasteiger partial charge on any atom is 0.335 e. The first kappa shape index (κ1) is 28.5. The molecule has 0 spiro atoms. The Morgan fingerprint density at radius 2 is 1.74 bits per heavy atom. The summed E-state index contributed by atoms with van der Waals surface area (Å²) in [5.74, 6) is -0.145. The van der Waals surface area contributed by atoms with Crippen molar-refractivity contribution in [3.8, 4) is 17.2 Å². The highest BCUT2D eigenvalue weighted by atomic mass is 79.9. The minimum Gasteiger partial charge on any atom is -0.493 e. The number of carbonyl (C=O) groups is 3. The molecule has 39 heavy (non-hydrogen) atoms. The minimum absolute atomic E-state index is 0.196. The molecule has 0 saturated carbocycles. The average molecular weight is 634 g/mol. The van der Waals surface area contributed by atoms with Crippen LogP contribution in [0.3, 0.4) is 0 Å². The Kier molecular flexibility index (Phi) is 9.16. The third-order valence-corrected chi connectivity index (χ3v) is 6.80. The fourth-order valence-corrected chi connectivity index (χ4v) is 4.75. The lowest BCUT2D eigenvalue weighted by molar-refractivity contribution is -0.122. The molecule has 1 fully saturated rings. The summed E-state index contributed by atoms with van der Waals surface area (Å²) in [5, 5.41) is 3.22. The topological polar surface area (TPSA) is 94.2 Å². The molecule has 1 saturated heterocycles. The van der Waals surface area contributed by atoms with E-state index in [-0.39, 0.29) is 17.9 Å². The quantitative estimate of drug-likeness (QED) is 0.206. The average Bonchev–Trinajstić information content (AvgIpc) is 2.90. The molecule has 4 amide bonds. The van der Waals surface area contributed by atoms with E-state index in [0.717, 1.165) is 16.9 Å². The van der Waals surface area contributed by atoms with E-state index in [9.17, 15) is 14.4 Å². The number of hydrogen-bond acceptors (Lipinski definition) is 6. The van der Waals surface area contributed by atoms with Crippen molar-refractivity contribution in [3.05, 3.63) is 85.8 Å². The lowest BCUT2D eigenvalue weighted by Crippen LogP contribution is -2.54. The monoisotopic (exact) mass is 632 g/mol. The third-order valence-electron chi connectivity index (χ3n) is 5.62. The molecule has 1 N–H and O–H groups in total. The van der Waals surface area contributed by atoms with Crippen LogP contribution in [0.1, 0.15) is 24.5 Å². The second-order valence-electron chi connectivity index (χ2n) is 8.36. The van der Waals surface area contributed by atoms with E-state index in [1.165, 1.54) is 13.2 Å². The number of rotatable bonds is 9. The summed E-state index contributed by atoms with van der Waals surface area (Å²) < 4.78 is 17.5. The van der Waals surface area contributed by atoms with Crippen molar-refractivity contribution >= 4 is 68.7 Å². The van der Waals surface area contributed by atoms with E-state index in [0.29, 0.717) is 43.9 Å². The molecule has 0 aromatic heterocycles. The summed E-state index contributed by atoms with van der Waals surface area (Å²) in [6.07, 6.45) is 2.20. The van der Waals surface area contributed by atoms with Crippen LogP contribution in [0.4, 0.5) is 10.5 Å². The lowest BCUT2D eigenvalue weighted by atomic mass is 10.1. The van der Waals surface area contributed by atoms with Gasteiger partial charge in [0.2, 0.25) is 0 Å². The highest BCUT2D eigenvalue weighted by Gasteiger charge is 2.37. The maximum atomic E-state index is 13.3. The van der Waals surface area contributed by atoms with Gasteiger partial charge in [-0.15, -0.1) is 0 Å². The first-order valence-corrected chi connectivity index (χ1v) is 13.3. The first-order valence-electron chi connectivity index (χ1n) is 11.8. The van der Waals surface area contributed by atoms with Crippen LogP contribution in [0.25, 0.3) is 6.08 Å². The Morgan fingerprint density at radius 3 is 2.41 bits per heavy atom. The lowest BCUT2D eigenvalue weighted by Gasteiger charge is -2.26. The molecule has 202 valence electrons. The third kappa shape index (κ3) is 6.55. The molecule has 0 bridgehead atoms. The molecule has 4 rings (SSSR count). The molecular weight excluding hydrogens is 611 g/mol. The maximum absolute atomic E-state index is 13.3. The fraction of sp³-hybridized carbons (Fsp3) is 0.179. The first-order chi connectivity index (χ1) is 18.7. The number of nitrogens with zero attached hydrogens (tertiary/aromatic N) is 1.